The van der Waals surface area contributed by atoms with Crippen molar-refractivity contribution in [3.8, 4) is 0 Å². The van der Waals surface area contributed by atoms with Crippen molar-refractivity contribution in [1.29, 1.82) is 0 Å². The molecule has 0 rings (SSSR count). The number of carboxylic acid groups (broad SMARTS) is 2. The Morgan fingerprint density at radius 2 is 1.79 bits per heavy atom. The van der Waals surface area contributed by atoms with Crippen LogP contribution in [0.2, 0.25) is 1.41 Å². The van der Waals surface area contributed by atoms with Gasteiger partial charge in [-0.3, -0.25) is 14.4 Å². The summed E-state index contributed by atoms with van der Waals surface area (Å²) in [6.07, 6.45) is 0.0437. The number of rotatable bonds is 11. The fourth-order valence-corrected chi connectivity index (χ4v) is 2.03. The van der Waals surface area contributed by atoms with Crippen LogP contribution in [0.25, 0.3) is 0 Å². The van der Waals surface area contributed by atoms with Gasteiger partial charge in [0.25, 0.3) is 0 Å². The lowest BCUT2D eigenvalue weighted by molar-refractivity contribution is -0.143. The van der Waals surface area contributed by atoms with E-state index < -0.39 is 41.9 Å². The van der Waals surface area contributed by atoms with E-state index in [1.165, 1.54) is 0 Å². The van der Waals surface area contributed by atoms with Crippen molar-refractivity contribution in [2.75, 3.05) is 5.75 Å². The van der Waals surface area contributed by atoms with Crippen LogP contribution in [0.4, 0.5) is 0 Å². The Morgan fingerprint density at radius 3 is 2.21 bits per heavy atom. The topological polar surface area (TPSA) is 159 Å². The summed E-state index contributed by atoms with van der Waals surface area (Å²) in [5, 5.41) is 20.5. The van der Waals surface area contributed by atoms with Crippen LogP contribution in [0, 0.1) is 5.92 Å². The van der Waals surface area contributed by atoms with Gasteiger partial charge in [-0.25, -0.2) is 4.79 Å². The summed E-state index contributed by atoms with van der Waals surface area (Å²) >= 11 is 3.95. The van der Waals surface area contributed by atoms with Crippen LogP contribution in [0.5, 0.6) is 0 Å². The molecule has 0 saturated heterocycles. The fraction of sp³-hybridized carbons (Fsp3) is 0.714. The van der Waals surface area contributed by atoms with Gasteiger partial charge in [-0.1, -0.05) is 13.8 Å². The summed E-state index contributed by atoms with van der Waals surface area (Å²) in [6, 6.07) is -3.50. The number of nitrogens with two attached hydrogens (primary N) is 1. The van der Waals surface area contributed by atoms with E-state index in [1.807, 2.05) is 0 Å². The monoisotopic (exact) mass is 364 g/mol. The van der Waals surface area contributed by atoms with E-state index in [0.717, 1.165) is 0 Å². The highest BCUT2D eigenvalue weighted by atomic mass is 32.1. The molecule has 0 aromatic carbocycles. The van der Waals surface area contributed by atoms with Crippen molar-refractivity contribution in [2.24, 2.45) is 11.7 Å². The molecule has 6 N–H and O–H groups in total. The number of hydrogen-bond acceptors (Lipinski definition) is 6. The molecule has 9 nitrogen and oxygen atoms in total. The van der Waals surface area contributed by atoms with Gasteiger partial charge >= 0.3 is 11.9 Å². The fourth-order valence-electron chi connectivity index (χ4n) is 1.78. The zero-order valence-electron chi connectivity index (χ0n) is 14.6. The van der Waals surface area contributed by atoms with E-state index in [4.69, 9.17) is 17.4 Å². The molecule has 24 heavy (non-hydrogen) atoms. The van der Waals surface area contributed by atoms with Crippen molar-refractivity contribution in [3.05, 3.63) is 0 Å². The van der Waals surface area contributed by atoms with Gasteiger partial charge in [0.05, 0.1) is 0 Å². The van der Waals surface area contributed by atoms with E-state index in [-0.39, 0.29) is 30.9 Å². The van der Waals surface area contributed by atoms with E-state index in [1.54, 1.807) is 13.8 Å². The highest BCUT2D eigenvalue weighted by molar-refractivity contribution is 7.80. The Morgan fingerprint density at radius 1 is 1.21 bits per heavy atom. The van der Waals surface area contributed by atoms with Gasteiger partial charge in [0.15, 0.2) is 1.41 Å². The molecule has 0 aromatic heterocycles. The number of carboxylic acids is 2. The summed E-state index contributed by atoms with van der Waals surface area (Å²) in [4.78, 5) is 45.9. The van der Waals surface area contributed by atoms with Crippen LogP contribution in [-0.2, 0) is 19.2 Å². The second-order valence-corrected chi connectivity index (χ2v) is 5.99. The third kappa shape index (κ3) is 8.16. The van der Waals surface area contributed by atoms with Crippen molar-refractivity contribution < 1.29 is 30.8 Å². The minimum Gasteiger partial charge on any atom is -0.480 e. The Hall–Kier alpha value is -1.81. The summed E-state index contributed by atoms with van der Waals surface area (Å²) in [6.45, 7) is 3.23. The van der Waals surface area contributed by atoms with Gasteiger partial charge in [-0.15, -0.1) is 0 Å². The number of amides is 2. The maximum Gasteiger partial charge on any atom is 0.326 e. The van der Waals surface area contributed by atoms with Gasteiger partial charge in [-0.2, -0.15) is 12.6 Å². The predicted octanol–water partition coefficient (Wildman–Crippen LogP) is -0.791. The average molecular weight is 364 g/mol. The normalized spacial score (nSPS) is 15.1. The van der Waals surface area contributed by atoms with Crippen LogP contribution in [0.3, 0.4) is 0 Å². The first-order chi connectivity index (χ1) is 11.5. The van der Waals surface area contributed by atoms with E-state index in [2.05, 4.69) is 17.9 Å². The molecule has 0 aromatic rings. The molecular formula is C14H25N3O6S. The molecule has 1 unspecified atom stereocenters. The lowest BCUT2D eigenvalue weighted by atomic mass is 10.0. The third-order valence-corrected chi connectivity index (χ3v) is 3.57. The van der Waals surface area contributed by atoms with Crippen LogP contribution in [0.15, 0.2) is 0 Å². The summed E-state index contributed by atoms with van der Waals surface area (Å²) < 4.78 is 7.77. The zero-order chi connectivity index (χ0) is 19.7. The van der Waals surface area contributed by atoms with Gasteiger partial charge in [0.1, 0.15) is 18.1 Å². The minimum absolute atomic E-state index is 0.0566. The molecule has 3 atom stereocenters. The van der Waals surface area contributed by atoms with Crippen LogP contribution < -0.4 is 16.4 Å². The Balaban J connectivity index is 4.74. The van der Waals surface area contributed by atoms with E-state index in [0.29, 0.717) is 5.31 Å². The van der Waals surface area contributed by atoms with Crippen molar-refractivity contribution in [1.82, 2.24) is 10.6 Å². The molecule has 0 aliphatic heterocycles. The van der Waals surface area contributed by atoms with Crippen LogP contribution in [-0.4, -0.2) is 57.8 Å². The summed E-state index contributed by atoms with van der Waals surface area (Å²) in [7, 11) is 0. The second-order valence-electron chi connectivity index (χ2n) is 5.63. The predicted molar refractivity (Wildman–Crippen MR) is 89.7 cm³/mol. The largest absolute Gasteiger partial charge is 0.480 e. The molecule has 0 fully saturated rings. The molecule has 0 aliphatic carbocycles. The molecule has 0 heterocycles. The van der Waals surface area contributed by atoms with E-state index >= 15 is 0 Å². The van der Waals surface area contributed by atoms with Gasteiger partial charge in [0.2, 0.25) is 11.8 Å². The first-order valence-electron chi connectivity index (χ1n) is 7.91. The van der Waals surface area contributed by atoms with Gasteiger partial charge < -0.3 is 26.6 Å². The lowest BCUT2D eigenvalue weighted by Crippen LogP contribution is -2.53. The smallest absolute Gasteiger partial charge is 0.326 e. The average Bonchev–Trinajstić information content (AvgIpc) is 2.51. The van der Waals surface area contributed by atoms with Crippen molar-refractivity contribution in [2.45, 2.75) is 51.2 Å². The molecule has 10 heteroatoms. The molecule has 0 saturated carbocycles. The summed E-state index contributed by atoms with van der Waals surface area (Å²) in [5.74, 6) is -4.44. The highest BCUT2D eigenvalue weighted by Gasteiger charge is 2.27. The Bertz CT molecular complexity index is 505. The highest BCUT2D eigenvalue weighted by Crippen LogP contribution is 2.04. The molecular weight excluding hydrogens is 338 g/mol. The Labute approximate surface area is 147 Å². The zero-order valence-corrected chi connectivity index (χ0v) is 14.5. The molecule has 0 bridgehead atoms. The molecule has 2 amide bonds. The minimum atomic E-state index is -1.26. The third-order valence-electron chi connectivity index (χ3n) is 3.23. The van der Waals surface area contributed by atoms with Gasteiger partial charge in [-0.05, 0) is 18.8 Å². The number of carbonyl (C=O) groups excluding carboxylic acids is 2. The SMILES string of the molecule is [2H]N(C(=O)CCCC(N)C(=O)O)[C@@H](CS)C(=O)N[C@H](C(=O)O)C(C)C. The van der Waals surface area contributed by atoms with Crippen molar-refractivity contribution >= 4 is 36.4 Å². The maximum atomic E-state index is 12.2. The van der Waals surface area contributed by atoms with Crippen LogP contribution in [0.1, 0.15) is 33.1 Å². The number of carbonyl (C=O) groups is 4. The van der Waals surface area contributed by atoms with E-state index in [9.17, 15) is 19.2 Å². The van der Waals surface area contributed by atoms with Crippen LogP contribution >= 0.6 is 12.6 Å². The maximum absolute atomic E-state index is 12.2. The molecule has 0 radical (unpaired) electrons. The number of hydrogen-bond donors (Lipinski definition) is 6. The standard InChI is InChI=1S/C14H25N3O6S/c1-7(2)11(14(22)23)17-12(19)9(6-24)16-10(18)5-3-4-8(15)13(20)21/h7-9,11,24H,3-6,15H2,1-2H3,(H,16,18)(H,17,19)(H,20,21)(H,22,23)/t8?,9-,11-/m0/s1/i/hD. The molecule has 0 aliphatic rings. The van der Waals surface area contributed by atoms with Crippen molar-refractivity contribution in [3.63, 3.8) is 0 Å². The molecule has 138 valence electrons. The number of thiol groups is 1. The second kappa shape index (κ2) is 10.9. The number of nitrogens with one attached hydrogen (secondary N) is 2. The number of aliphatic carboxylic acids is 2. The first kappa shape index (κ1) is 20.2. The molecule has 0 spiro atoms. The Kier molecular flexibility index (Phi) is 9.16. The summed E-state index contributed by atoms with van der Waals surface area (Å²) in [5.41, 5.74) is 5.32. The van der Waals surface area contributed by atoms with Gasteiger partial charge in [0, 0.05) is 12.2 Å². The first-order valence-corrected chi connectivity index (χ1v) is 8.09. The lowest BCUT2D eigenvalue weighted by Gasteiger charge is -2.22. The quantitative estimate of drug-likeness (QED) is 0.262.